The molecule has 0 saturated carbocycles. The second kappa shape index (κ2) is 6.57. The second-order valence-corrected chi connectivity index (χ2v) is 5.06. The Kier molecular flexibility index (Phi) is 4.80. The SMILES string of the molecule is C[C@@H](N)c1ccccc1OCC(=O)N1CCCCC1. The third-order valence-corrected chi connectivity index (χ3v) is 3.47. The van der Waals surface area contributed by atoms with Crippen molar-refractivity contribution in [2.75, 3.05) is 19.7 Å². The smallest absolute Gasteiger partial charge is 0.260 e. The van der Waals surface area contributed by atoms with E-state index in [0.29, 0.717) is 5.75 Å². The number of likely N-dealkylation sites (tertiary alicyclic amines) is 1. The van der Waals surface area contributed by atoms with Gasteiger partial charge in [-0.05, 0) is 32.3 Å². The summed E-state index contributed by atoms with van der Waals surface area (Å²) in [6, 6.07) is 7.53. The van der Waals surface area contributed by atoms with Crippen molar-refractivity contribution in [1.82, 2.24) is 4.90 Å². The molecule has 0 spiro atoms. The molecular weight excluding hydrogens is 240 g/mol. The van der Waals surface area contributed by atoms with Gasteiger partial charge in [-0.25, -0.2) is 0 Å². The summed E-state index contributed by atoms with van der Waals surface area (Å²) in [5.41, 5.74) is 6.83. The number of nitrogens with two attached hydrogens (primary N) is 1. The highest BCUT2D eigenvalue weighted by atomic mass is 16.5. The van der Waals surface area contributed by atoms with Crippen LogP contribution in [0, 0.1) is 0 Å². The van der Waals surface area contributed by atoms with Gasteiger partial charge in [0.2, 0.25) is 0 Å². The van der Waals surface area contributed by atoms with Gasteiger partial charge in [0.15, 0.2) is 6.61 Å². The number of nitrogens with zero attached hydrogens (tertiary/aromatic N) is 1. The normalized spacial score (nSPS) is 17.1. The van der Waals surface area contributed by atoms with E-state index < -0.39 is 0 Å². The molecule has 1 fully saturated rings. The molecule has 1 aliphatic rings. The van der Waals surface area contributed by atoms with Crippen LogP contribution < -0.4 is 10.5 Å². The number of hydrogen-bond acceptors (Lipinski definition) is 3. The van der Waals surface area contributed by atoms with Crippen LogP contribution in [0.1, 0.15) is 37.8 Å². The maximum absolute atomic E-state index is 12.0. The fourth-order valence-corrected chi connectivity index (χ4v) is 2.36. The number of piperidine rings is 1. The molecule has 1 saturated heterocycles. The van der Waals surface area contributed by atoms with Crippen molar-refractivity contribution in [3.63, 3.8) is 0 Å². The lowest BCUT2D eigenvalue weighted by Crippen LogP contribution is -2.38. The van der Waals surface area contributed by atoms with Gasteiger partial charge in [-0.1, -0.05) is 18.2 Å². The maximum Gasteiger partial charge on any atom is 0.260 e. The molecule has 4 heteroatoms. The summed E-state index contributed by atoms with van der Waals surface area (Å²) in [7, 11) is 0. The predicted molar refractivity (Wildman–Crippen MR) is 75.0 cm³/mol. The summed E-state index contributed by atoms with van der Waals surface area (Å²) in [4.78, 5) is 13.9. The minimum absolute atomic E-state index is 0.0687. The van der Waals surface area contributed by atoms with Crippen molar-refractivity contribution in [2.45, 2.75) is 32.2 Å². The fourth-order valence-electron chi connectivity index (χ4n) is 2.36. The average Bonchev–Trinajstić information content (AvgIpc) is 2.46. The molecule has 2 rings (SSSR count). The van der Waals surface area contributed by atoms with Crippen molar-refractivity contribution in [3.8, 4) is 5.75 Å². The molecule has 2 N–H and O–H groups in total. The molecular formula is C15H22N2O2. The van der Waals surface area contributed by atoms with Crippen LogP contribution in [0.25, 0.3) is 0 Å². The lowest BCUT2D eigenvalue weighted by molar-refractivity contribution is -0.134. The summed E-state index contributed by atoms with van der Waals surface area (Å²) < 4.78 is 5.64. The Balaban J connectivity index is 1.93. The maximum atomic E-state index is 12.0. The van der Waals surface area contributed by atoms with Crippen LogP contribution in [0.15, 0.2) is 24.3 Å². The Morgan fingerprint density at radius 1 is 1.32 bits per heavy atom. The van der Waals surface area contributed by atoms with Crippen molar-refractivity contribution in [1.29, 1.82) is 0 Å². The quantitative estimate of drug-likeness (QED) is 0.904. The lowest BCUT2D eigenvalue weighted by atomic mass is 10.1. The van der Waals surface area contributed by atoms with Crippen molar-refractivity contribution < 1.29 is 9.53 Å². The Labute approximate surface area is 114 Å². The van der Waals surface area contributed by atoms with E-state index in [0.717, 1.165) is 31.5 Å². The van der Waals surface area contributed by atoms with Gasteiger partial charge < -0.3 is 15.4 Å². The molecule has 0 aliphatic carbocycles. The summed E-state index contributed by atoms with van der Waals surface area (Å²) in [5, 5.41) is 0. The molecule has 4 nitrogen and oxygen atoms in total. The van der Waals surface area contributed by atoms with Gasteiger partial charge in [-0.2, -0.15) is 0 Å². The summed E-state index contributed by atoms with van der Waals surface area (Å²) in [6.07, 6.45) is 3.42. The Morgan fingerprint density at radius 3 is 2.68 bits per heavy atom. The molecule has 0 radical (unpaired) electrons. The highest BCUT2D eigenvalue weighted by molar-refractivity contribution is 5.77. The number of carbonyl (C=O) groups excluding carboxylic acids is 1. The van der Waals surface area contributed by atoms with E-state index in [4.69, 9.17) is 10.5 Å². The Bertz CT molecular complexity index is 426. The van der Waals surface area contributed by atoms with E-state index in [9.17, 15) is 4.79 Å². The Hall–Kier alpha value is -1.55. The minimum atomic E-state index is -0.0960. The predicted octanol–water partition coefficient (Wildman–Crippen LogP) is 2.10. The van der Waals surface area contributed by atoms with E-state index >= 15 is 0 Å². The van der Waals surface area contributed by atoms with E-state index in [-0.39, 0.29) is 18.6 Å². The molecule has 1 heterocycles. The number of benzene rings is 1. The van der Waals surface area contributed by atoms with Gasteiger partial charge in [0.25, 0.3) is 5.91 Å². The third-order valence-electron chi connectivity index (χ3n) is 3.47. The molecule has 0 unspecified atom stereocenters. The zero-order valence-electron chi connectivity index (χ0n) is 11.5. The molecule has 1 aromatic carbocycles. The van der Waals surface area contributed by atoms with Crippen LogP contribution in [0.4, 0.5) is 0 Å². The van der Waals surface area contributed by atoms with E-state index in [1.54, 1.807) is 0 Å². The zero-order valence-corrected chi connectivity index (χ0v) is 11.5. The monoisotopic (exact) mass is 262 g/mol. The minimum Gasteiger partial charge on any atom is -0.483 e. The largest absolute Gasteiger partial charge is 0.483 e. The molecule has 1 aliphatic heterocycles. The van der Waals surface area contributed by atoms with E-state index in [1.165, 1.54) is 6.42 Å². The summed E-state index contributed by atoms with van der Waals surface area (Å²) >= 11 is 0. The molecule has 1 atom stereocenters. The van der Waals surface area contributed by atoms with Gasteiger partial charge in [0.1, 0.15) is 5.75 Å². The fraction of sp³-hybridized carbons (Fsp3) is 0.533. The highest BCUT2D eigenvalue weighted by Crippen LogP contribution is 2.23. The molecule has 19 heavy (non-hydrogen) atoms. The van der Waals surface area contributed by atoms with Gasteiger partial charge >= 0.3 is 0 Å². The van der Waals surface area contributed by atoms with Crippen LogP contribution >= 0.6 is 0 Å². The van der Waals surface area contributed by atoms with Crippen LogP contribution in [0.3, 0.4) is 0 Å². The average molecular weight is 262 g/mol. The van der Waals surface area contributed by atoms with E-state index in [2.05, 4.69) is 0 Å². The van der Waals surface area contributed by atoms with Crippen molar-refractivity contribution in [2.24, 2.45) is 5.73 Å². The van der Waals surface area contributed by atoms with E-state index in [1.807, 2.05) is 36.1 Å². The van der Waals surface area contributed by atoms with Gasteiger partial charge in [0, 0.05) is 24.7 Å². The van der Waals surface area contributed by atoms with Gasteiger partial charge in [-0.15, -0.1) is 0 Å². The molecule has 0 bridgehead atoms. The van der Waals surface area contributed by atoms with Gasteiger partial charge in [-0.3, -0.25) is 4.79 Å². The first-order valence-corrected chi connectivity index (χ1v) is 6.93. The molecule has 104 valence electrons. The first kappa shape index (κ1) is 13.9. The third kappa shape index (κ3) is 3.70. The first-order chi connectivity index (χ1) is 9.18. The molecule has 0 aromatic heterocycles. The number of ether oxygens (including phenoxy) is 1. The summed E-state index contributed by atoms with van der Waals surface area (Å²) in [6.45, 7) is 3.73. The van der Waals surface area contributed by atoms with Crippen LogP contribution in [-0.4, -0.2) is 30.5 Å². The topological polar surface area (TPSA) is 55.6 Å². The highest BCUT2D eigenvalue weighted by Gasteiger charge is 2.17. The van der Waals surface area contributed by atoms with Crippen molar-refractivity contribution in [3.05, 3.63) is 29.8 Å². The number of hydrogen-bond donors (Lipinski definition) is 1. The number of carbonyl (C=O) groups is 1. The Morgan fingerprint density at radius 2 is 2.00 bits per heavy atom. The second-order valence-electron chi connectivity index (χ2n) is 5.06. The molecule has 1 aromatic rings. The van der Waals surface area contributed by atoms with Gasteiger partial charge in [0.05, 0.1) is 0 Å². The van der Waals surface area contributed by atoms with Crippen LogP contribution in [0.5, 0.6) is 5.75 Å². The zero-order chi connectivity index (χ0) is 13.7. The van der Waals surface area contributed by atoms with Crippen LogP contribution in [0.2, 0.25) is 0 Å². The number of rotatable bonds is 4. The lowest BCUT2D eigenvalue weighted by Gasteiger charge is -2.26. The van der Waals surface area contributed by atoms with Crippen molar-refractivity contribution >= 4 is 5.91 Å². The van der Waals surface area contributed by atoms with Crippen LogP contribution in [-0.2, 0) is 4.79 Å². The summed E-state index contributed by atoms with van der Waals surface area (Å²) in [5.74, 6) is 0.780. The first-order valence-electron chi connectivity index (χ1n) is 6.93. The molecule has 1 amide bonds. The number of amides is 1. The standard InChI is InChI=1S/C15H22N2O2/c1-12(16)13-7-3-4-8-14(13)19-11-15(18)17-9-5-2-6-10-17/h3-4,7-8,12H,2,5-6,9-11,16H2,1H3/t12-/m1/s1. The number of para-hydroxylation sites is 1.